The van der Waals surface area contributed by atoms with E-state index in [1.54, 1.807) is 36.3 Å². The predicted molar refractivity (Wildman–Crippen MR) is 99.0 cm³/mol. The monoisotopic (exact) mass is 419 g/mol. The lowest BCUT2D eigenvalue weighted by Crippen LogP contribution is -2.34. The van der Waals surface area contributed by atoms with E-state index in [-0.39, 0.29) is 18.4 Å². The molecule has 0 fully saturated rings. The summed E-state index contributed by atoms with van der Waals surface area (Å²) in [6.07, 6.45) is 3.05. The van der Waals surface area contributed by atoms with E-state index in [9.17, 15) is 9.59 Å². The Kier molecular flexibility index (Phi) is 5.25. The summed E-state index contributed by atoms with van der Waals surface area (Å²) < 4.78 is 2.50. The van der Waals surface area contributed by atoms with Gasteiger partial charge in [0.1, 0.15) is 12.7 Å². The zero-order chi connectivity index (χ0) is 17.8. The lowest BCUT2D eigenvalue weighted by Gasteiger charge is -2.16. The van der Waals surface area contributed by atoms with Crippen LogP contribution in [0.1, 0.15) is 9.67 Å². The maximum Gasteiger partial charge on any atom is 0.264 e. The van der Waals surface area contributed by atoms with Gasteiger partial charge in [-0.2, -0.15) is 5.10 Å². The van der Waals surface area contributed by atoms with E-state index in [2.05, 4.69) is 31.3 Å². The molecule has 2 amide bonds. The van der Waals surface area contributed by atoms with Gasteiger partial charge < -0.3 is 10.2 Å². The topological polar surface area (TPSA) is 80.1 Å². The van der Waals surface area contributed by atoms with E-state index in [0.29, 0.717) is 10.6 Å². The van der Waals surface area contributed by atoms with Gasteiger partial charge in [0.05, 0.1) is 20.9 Å². The highest BCUT2D eigenvalue weighted by Gasteiger charge is 2.16. The number of carbonyl (C=O) groups is 2. The lowest BCUT2D eigenvalue weighted by molar-refractivity contribution is -0.116. The summed E-state index contributed by atoms with van der Waals surface area (Å²) in [5.74, 6) is -0.452. The zero-order valence-corrected chi connectivity index (χ0v) is 15.6. The standard InChI is InChI=1S/C16H14BrN5O2S/c1-21(16(24)13-6-7-14(17)25-13)8-15(23)20-11-2-4-12(5-3-11)22-10-18-9-19-22/h2-7,9-10H,8H2,1H3,(H,20,23). The third-order valence-corrected chi connectivity index (χ3v) is 4.96. The Morgan fingerprint density at radius 1 is 1.24 bits per heavy atom. The van der Waals surface area contributed by atoms with Gasteiger partial charge in [-0.05, 0) is 52.3 Å². The van der Waals surface area contributed by atoms with Gasteiger partial charge in [-0.15, -0.1) is 11.3 Å². The van der Waals surface area contributed by atoms with Crippen molar-refractivity contribution in [2.45, 2.75) is 0 Å². The quantitative estimate of drug-likeness (QED) is 0.689. The highest BCUT2D eigenvalue weighted by Crippen LogP contribution is 2.23. The SMILES string of the molecule is CN(CC(=O)Nc1ccc(-n2cncn2)cc1)C(=O)c1ccc(Br)s1. The van der Waals surface area contributed by atoms with Crippen molar-refractivity contribution >= 4 is 44.8 Å². The molecule has 0 spiro atoms. The van der Waals surface area contributed by atoms with Crippen LogP contribution in [-0.2, 0) is 4.79 Å². The van der Waals surface area contributed by atoms with Crippen LogP contribution >= 0.6 is 27.3 Å². The number of likely N-dealkylation sites (N-methyl/N-ethyl adjacent to an activating group) is 1. The second kappa shape index (κ2) is 7.58. The van der Waals surface area contributed by atoms with E-state index >= 15 is 0 Å². The maximum atomic E-state index is 12.2. The molecule has 1 N–H and O–H groups in total. The third kappa shape index (κ3) is 4.31. The van der Waals surface area contributed by atoms with Gasteiger partial charge in [-0.3, -0.25) is 9.59 Å². The van der Waals surface area contributed by atoms with Crippen LogP contribution in [0, 0.1) is 0 Å². The summed E-state index contributed by atoms with van der Waals surface area (Å²) in [5.41, 5.74) is 1.49. The van der Waals surface area contributed by atoms with Gasteiger partial charge in [-0.25, -0.2) is 9.67 Å². The number of anilines is 1. The van der Waals surface area contributed by atoms with Crippen LogP contribution < -0.4 is 5.32 Å². The second-order valence-corrected chi connectivity index (χ2v) is 7.66. The number of amides is 2. The molecule has 0 atom stereocenters. The number of halogens is 1. The van der Waals surface area contributed by atoms with Gasteiger partial charge >= 0.3 is 0 Å². The van der Waals surface area contributed by atoms with Gasteiger partial charge in [0, 0.05) is 12.7 Å². The molecule has 2 heterocycles. The maximum absolute atomic E-state index is 12.2. The molecule has 0 aliphatic heterocycles. The summed E-state index contributed by atoms with van der Waals surface area (Å²) >= 11 is 4.66. The van der Waals surface area contributed by atoms with Gasteiger partial charge in [0.25, 0.3) is 5.91 Å². The number of benzene rings is 1. The number of aromatic nitrogens is 3. The van der Waals surface area contributed by atoms with E-state index in [0.717, 1.165) is 9.47 Å². The van der Waals surface area contributed by atoms with Crippen molar-refractivity contribution in [1.82, 2.24) is 19.7 Å². The van der Waals surface area contributed by atoms with Gasteiger partial charge in [-0.1, -0.05) is 0 Å². The molecular formula is C16H14BrN5O2S. The molecule has 0 saturated heterocycles. The molecule has 0 radical (unpaired) electrons. The molecular weight excluding hydrogens is 406 g/mol. The van der Waals surface area contributed by atoms with Crippen molar-refractivity contribution in [1.29, 1.82) is 0 Å². The van der Waals surface area contributed by atoms with Crippen LogP contribution in [0.4, 0.5) is 5.69 Å². The molecule has 3 rings (SSSR count). The number of hydrogen-bond donors (Lipinski definition) is 1. The minimum absolute atomic E-state index is 0.0286. The van der Waals surface area contributed by atoms with E-state index < -0.39 is 0 Å². The molecule has 128 valence electrons. The van der Waals surface area contributed by atoms with Crippen molar-refractivity contribution in [2.75, 3.05) is 18.9 Å². The van der Waals surface area contributed by atoms with Gasteiger partial charge in [0.15, 0.2) is 0 Å². The molecule has 7 nitrogen and oxygen atoms in total. The van der Waals surface area contributed by atoms with E-state index in [4.69, 9.17) is 0 Å². The number of thiophene rings is 1. The largest absolute Gasteiger partial charge is 0.332 e. The fourth-order valence-corrected chi connectivity index (χ4v) is 3.52. The number of nitrogens with one attached hydrogen (secondary N) is 1. The Hall–Kier alpha value is -2.52. The van der Waals surface area contributed by atoms with Gasteiger partial charge in [0.2, 0.25) is 5.91 Å². The third-order valence-electron chi connectivity index (χ3n) is 3.35. The van der Waals surface area contributed by atoms with E-state index in [1.165, 1.54) is 22.6 Å². The van der Waals surface area contributed by atoms with Crippen LogP contribution in [-0.4, -0.2) is 45.1 Å². The minimum Gasteiger partial charge on any atom is -0.332 e. The number of hydrogen-bond acceptors (Lipinski definition) is 5. The Morgan fingerprint density at radius 2 is 2.00 bits per heavy atom. The number of rotatable bonds is 5. The Morgan fingerprint density at radius 3 is 2.60 bits per heavy atom. The molecule has 3 aromatic rings. The average molecular weight is 420 g/mol. The minimum atomic E-state index is -0.264. The molecule has 0 saturated carbocycles. The fraction of sp³-hybridized carbons (Fsp3) is 0.125. The molecule has 25 heavy (non-hydrogen) atoms. The van der Waals surface area contributed by atoms with Crippen LogP contribution in [0.25, 0.3) is 5.69 Å². The molecule has 0 aliphatic rings. The van der Waals surface area contributed by atoms with Crippen LogP contribution in [0.2, 0.25) is 0 Å². The lowest BCUT2D eigenvalue weighted by atomic mass is 10.3. The molecule has 0 unspecified atom stereocenters. The summed E-state index contributed by atoms with van der Waals surface area (Å²) in [4.78, 5) is 30.2. The summed E-state index contributed by atoms with van der Waals surface area (Å²) in [7, 11) is 1.60. The zero-order valence-electron chi connectivity index (χ0n) is 13.2. The van der Waals surface area contributed by atoms with Crippen molar-refractivity contribution in [3.8, 4) is 5.69 Å². The van der Waals surface area contributed by atoms with Crippen molar-refractivity contribution in [3.63, 3.8) is 0 Å². The van der Waals surface area contributed by atoms with Crippen molar-refractivity contribution < 1.29 is 9.59 Å². The summed E-state index contributed by atoms with van der Waals surface area (Å²) in [6.45, 7) is -0.0286. The highest BCUT2D eigenvalue weighted by molar-refractivity contribution is 9.11. The number of carbonyl (C=O) groups excluding carboxylic acids is 2. The Balaban J connectivity index is 1.57. The molecule has 0 aliphatic carbocycles. The Labute approximate surface area is 156 Å². The Bertz CT molecular complexity index is 876. The molecule has 9 heteroatoms. The van der Waals surface area contributed by atoms with Crippen molar-refractivity contribution in [2.24, 2.45) is 0 Å². The molecule has 0 bridgehead atoms. The molecule has 1 aromatic carbocycles. The average Bonchev–Trinajstić information content (AvgIpc) is 3.26. The second-order valence-electron chi connectivity index (χ2n) is 5.20. The van der Waals surface area contributed by atoms with Crippen LogP contribution in [0.3, 0.4) is 0 Å². The first-order valence-electron chi connectivity index (χ1n) is 7.28. The summed E-state index contributed by atoms with van der Waals surface area (Å²) in [6, 6.07) is 10.7. The van der Waals surface area contributed by atoms with Crippen molar-refractivity contribution in [3.05, 3.63) is 57.7 Å². The number of nitrogens with zero attached hydrogens (tertiary/aromatic N) is 4. The van der Waals surface area contributed by atoms with Crippen LogP contribution in [0.15, 0.2) is 52.8 Å². The highest BCUT2D eigenvalue weighted by atomic mass is 79.9. The summed E-state index contributed by atoms with van der Waals surface area (Å²) in [5, 5.41) is 6.81. The van der Waals surface area contributed by atoms with E-state index in [1.807, 2.05) is 18.2 Å². The first-order chi connectivity index (χ1) is 12.0. The normalized spacial score (nSPS) is 10.5. The fourth-order valence-electron chi connectivity index (χ4n) is 2.14. The smallest absolute Gasteiger partial charge is 0.264 e. The van der Waals surface area contributed by atoms with Crippen LogP contribution in [0.5, 0.6) is 0 Å². The predicted octanol–water partition coefficient (Wildman–Crippen LogP) is 2.80. The first kappa shape index (κ1) is 17.3. The molecule has 2 aromatic heterocycles. The first-order valence-corrected chi connectivity index (χ1v) is 8.89.